The Bertz CT molecular complexity index is 586. The van der Waals surface area contributed by atoms with Crippen molar-refractivity contribution >= 4 is 23.5 Å². The van der Waals surface area contributed by atoms with E-state index in [1.54, 1.807) is 11.8 Å². The fourth-order valence-electron chi connectivity index (χ4n) is 3.35. The zero-order chi connectivity index (χ0) is 16.9. The minimum Gasteiger partial charge on any atom is -0.324 e. The van der Waals surface area contributed by atoms with Gasteiger partial charge in [0.1, 0.15) is 0 Å². The molecule has 5 heteroatoms. The zero-order valence-corrected chi connectivity index (χ0v) is 15.4. The van der Waals surface area contributed by atoms with Crippen LogP contribution in [0.25, 0.3) is 0 Å². The van der Waals surface area contributed by atoms with Gasteiger partial charge in [0, 0.05) is 42.4 Å². The first-order chi connectivity index (χ1) is 11.6. The van der Waals surface area contributed by atoms with Gasteiger partial charge >= 0.3 is 6.03 Å². The Morgan fingerprint density at radius 3 is 2.50 bits per heavy atom. The van der Waals surface area contributed by atoms with Gasteiger partial charge in [-0.2, -0.15) is 0 Å². The van der Waals surface area contributed by atoms with Gasteiger partial charge in [-0.1, -0.05) is 38.1 Å². The number of piperidine rings is 1. The number of hydrogen-bond acceptors (Lipinski definition) is 3. The molecule has 1 aromatic rings. The highest BCUT2D eigenvalue weighted by atomic mass is 32.2. The number of carbonyl (C=O) groups is 1. The van der Waals surface area contributed by atoms with Crippen LogP contribution in [0.2, 0.25) is 0 Å². The minimum atomic E-state index is 0.0322. The molecule has 130 valence electrons. The summed E-state index contributed by atoms with van der Waals surface area (Å²) in [5.41, 5.74) is 0.923. The van der Waals surface area contributed by atoms with Crippen molar-refractivity contribution < 1.29 is 4.79 Å². The average molecular weight is 346 g/mol. The predicted molar refractivity (Wildman–Crippen MR) is 102 cm³/mol. The molecule has 0 aliphatic carbocycles. The molecule has 1 N–H and O–H groups in total. The Balaban J connectivity index is 1.54. The molecule has 0 atom stereocenters. The Labute approximate surface area is 149 Å². The number of anilines is 1. The highest BCUT2D eigenvalue weighted by molar-refractivity contribution is 8.00. The molecule has 0 aromatic heterocycles. The fraction of sp³-hybridized carbons (Fsp3) is 0.526. The van der Waals surface area contributed by atoms with E-state index in [4.69, 9.17) is 0 Å². The molecule has 1 fully saturated rings. The fourth-order valence-corrected chi connectivity index (χ4v) is 4.26. The molecule has 2 aliphatic heterocycles. The lowest BCUT2D eigenvalue weighted by Gasteiger charge is -2.36. The number of likely N-dealkylation sites (tertiary alicyclic amines) is 1. The van der Waals surface area contributed by atoms with Gasteiger partial charge in [-0.05, 0) is 25.0 Å². The van der Waals surface area contributed by atoms with Crippen molar-refractivity contribution in [1.82, 2.24) is 9.80 Å². The third kappa shape index (κ3) is 4.33. The number of benzene rings is 1. The van der Waals surface area contributed by atoms with Crippen molar-refractivity contribution in [3.05, 3.63) is 36.4 Å². The molecule has 0 radical (unpaired) electrons. The Morgan fingerprint density at radius 1 is 1.17 bits per heavy atom. The maximum absolute atomic E-state index is 12.6. The topological polar surface area (TPSA) is 35.6 Å². The number of hydrogen-bond donors (Lipinski definition) is 1. The maximum atomic E-state index is 12.6. The van der Waals surface area contributed by atoms with Gasteiger partial charge in [-0.3, -0.25) is 4.90 Å². The molecule has 1 saturated heterocycles. The summed E-state index contributed by atoms with van der Waals surface area (Å²) in [6, 6.07) is 8.72. The summed E-state index contributed by atoms with van der Waals surface area (Å²) in [4.78, 5) is 18.2. The number of thioether (sulfide) groups is 1. The second-order valence-corrected chi connectivity index (χ2v) is 8.35. The van der Waals surface area contributed by atoms with Crippen LogP contribution in [-0.4, -0.2) is 53.3 Å². The van der Waals surface area contributed by atoms with E-state index in [9.17, 15) is 4.79 Å². The quantitative estimate of drug-likeness (QED) is 0.660. The number of nitrogens with zero attached hydrogens (tertiary/aromatic N) is 2. The first-order valence-electron chi connectivity index (χ1n) is 8.84. The van der Waals surface area contributed by atoms with Crippen LogP contribution in [0.3, 0.4) is 0 Å². The van der Waals surface area contributed by atoms with E-state index < -0.39 is 0 Å². The summed E-state index contributed by atoms with van der Waals surface area (Å²) in [6.45, 7) is 8.15. The van der Waals surface area contributed by atoms with Gasteiger partial charge in [-0.25, -0.2) is 4.79 Å². The molecule has 1 aromatic carbocycles. The van der Waals surface area contributed by atoms with Crippen LogP contribution < -0.4 is 5.32 Å². The van der Waals surface area contributed by atoms with Crippen molar-refractivity contribution in [3.63, 3.8) is 0 Å². The predicted octanol–water partition coefficient (Wildman–Crippen LogP) is 4.06. The number of rotatable bonds is 4. The van der Waals surface area contributed by atoms with Crippen LogP contribution in [-0.2, 0) is 0 Å². The van der Waals surface area contributed by atoms with Gasteiger partial charge in [0.05, 0.1) is 5.69 Å². The molecule has 4 nitrogen and oxygen atoms in total. The molecule has 24 heavy (non-hydrogen) atoms. The second-order valence-electron chi connectivity index (χ2n) is 6.74. The van der Waals surface area contributed by atoms with Gasteiger partial charge < -0.3 is 10.2 Å². The van der Waals surface area contributed by atoms with Crippen LogP contribution in [0, 0.1) is 0 Å². The number of amides is 2. The van der Waals surface area contributed by atoms with Crippen molar-refractivity contribution in [1.29, 1.82) is 0 Å². The largest absolute Gasteiger partial charge is 0.324 e. The van der Waals surface area contributed by atoms with Crippen LogP contribution in [0.15, 0.2) is 41.3 Å². The monoisotopic (exact) mass is 345 g/mol. The van der Waals surface area contributed by atoms with Crippen LogP contribution in [0.5, 0.6) is 0 Å². The van der Waals surface area contributed by atoms with E-state index in [0.717, 1.165) is 49.6 Å². The van der Waals surface area contributed by atoms with Gasteiger partial charge in [0.25, 0.3) is 0 Å². The highest BCUT2D eigenvalue weighted by Crippen LogP contribution is 2.30. The van der Waals surface area contributed by atoms with Gasteiger partial charge in [-0.15, -0.1) is 11.8 Å². The van der Waals surface area contributed by atoms with E-state index in [2.05, 4.69) is 42.3 Å². The molecule has 2 amide bonds. The van der Waals surface area contributed by atoms with E-state index in [1.165, 1.54) is 0 Å². The molecule has 2 heterocycles. The molecular weight excluding hydrogens is 318 g/mol. The van der Waals surface area contributed by atoms with Crippen molar-refractivity contribution in [3.8, 4) is 0 Å². The van der Waals surface area contributed by atoms with E-state index in [1.807, 2.05) is 23.1 Å². The maximum Gasteiger partial charge on any atom is 0.321 e. The molecule has 2 aliphatic rings. The zero-order valence-electron chi connectivity index (χ0n) is 14.6. The van der Waals surface area contributed by atoms with Crippen LogP contribution in [0.1, 0.15) is 26.7 Å². The number of nitrogens with one attached hydrogen (secondary N) is 1. The average Bonchev–Trinajstić information content (AvgIpc) is 3.11. The van der Waals surface area contributed by atoms with E-state index >= 15 is 0 Å². The molecule has 0 unspecified atom stereocenters. The third-order valence-electron chi connectivity index (χ3n) is 4.61. The number of para-hydroxylation sites is 1. The Kier molecular flexibility index (Phi) is 5.85. The number of urea groups is 1. The Hall–Kier alpha value is -1.46. The summed E-state index contributed by atoms with van der Waals surface area (Å²) < 4.78 is 0. The summed E-state index contributed by atoms with van der Waals surface area (Å²) in [5, 5.41) is 3.60. The van der Waals surface area contributed by atoms with E-state index in [-0.39, 0.29) is 6.03 Å². The normalized spacial score (nSPS) is 19.2. The molecule has 0 saturated carbocycles. The smallest absolute Gasteiger partial charge is 0.321 e. The van der Waals surface area contributed by atoms with Crippen LogP contribution >= 0.6 is 11.8 Å². The number of carbonyl (C=O) groups excluding carboxylic acids is 1. The SMILES string of the molecule is CC(C)Sc1ccccc1NC(=O)N1CCC(N2CC=CC2)CC1. The van der Waals surface area contributed by atoms with Crippen molar-refractivity contribution in [2.75, 3.05) is 31.5 Å². The summed E-state index contributed by atoms with van der Waals surface area (Å²) >= 11 is 1.78. The lowest BCUT2D eigenvalue weighted by atomic mass is 10.0. The van der Waals surface area contributed by atoms with Gasteiger partial charge in [0.2, 0.25) is 0 Å². The molecule has 0 bridgehead atoms. The van der Waals surface area contributed by atoms with Crippen molar-refractivity contribution in [2.45, 2.75) is 42.9 Å². The molecule has 3 rings (SSSR count). The third-order valence-corrected chi connectivity index (χ3v) is 5.69. The minimum absolute atomic E-state index is 0.0322. The molecular formula is C19H27N3OS. The van der Waals surface area contributed by atoms with E-state index in [0.29, 0.717) is 11.3 Å². The Morgan fingerprint density at radius 2 is 1.83 bits per heavy atom. The molecule has 0 spiro atoms. The first kappa shape index (κ1) is 17.4. The highest BCUT2D eigenvalue weighted by Gasteiger charge is 2.27. The summed E-state index contributed by atoms with van der Waals surface area (Å²) in [6.07, 6.45) is 6.61. The van der Waals surface area contributed by atoms with Gasteiger partial charge in [0.15, 0.2) is 0 Å². The summed E-state index contributed by atoms with van der Waals surface area (Å²) in [5.74, 6) is 0. The first-order valence-corrected chi connectivity index (χ1v) is 9.72. The van der Waals surface area contributed by atoms with Crippen LogP contribution in [0.4, 0.5) is 10.5 Å². The summed E-state index contributed by atoms with van der Waals surface area (Å²) in [7, 11) is 0. The lowest BCUT2D eigenvalue weighted by Crippen LogP contribution is -2.47. The second kappa shape index (κ2) is 8.08. The van der Waals surface area contributed by atoms with Crippen molar-refractivity contribution in [2.24, 2.45) is 0 Å². The standard InChI is InChI=1S/C19H27N3OS/c1-15(2)24-18-8-4-3-7-17(18)20-19(23)22-13-9-16(10-14-22)21-11-5-6-12-21/h3-8,15-16H,9-14H2,1-2H3,(H,20,23). The lowest BCUT2D eigenvalue weighted by molar-refractivity contribution is 0.144.